The number of hydrogen-bond donors (Lipinski definition) is 2. The van der Waals surface area contributed by atoms with Crippen molar-refractivity contribution in [3.63, 3.8) is 0 Å². The van der Waals surface area contributed by atoms with Crippen molar-refractivity contribution in [1.82, 2.24) is 29.7 Å². The molecular formula is C37H23ClF8N8O3. The molecule has 0 unspecified atom stereocenters. The van der Waals surface area contributed by atoms with Gasteiger partial charge >= 0.3 is 6.18 Å². The summed E-state index contributed by atoms with van der Waals surface area (Å²) in [6.45, 7) is 3.51. The first kappa shape index (κ1) is 39.9. The van der Waals surface area contributed by atoms with Crippen LogP contribution >= 0.6 is 11.6 Å². The highest BCUT2D eigenvalue weighted by Gasteiger charge is 2.35. The van der Waals surface area contributed by atoms with Crippen molar-refractivity contribution in [2.75, 3.05) is 10.6 Å². The smallest absolute Gasteiger partial charge is 0.435 e. The number of oxazole rings is 1. The largest absolute Gasteiger partial charge is 0.441 e. The summed E-state index contributed by atoms with van der Waals surface area (Å²) in [5.41, 5.74) is -0.145. The minimum absolute atomic E-state index is 0.0316. The maximum atomic E-state index is 13.7. The summed E-state index contributed by atoms with van der Waals surface area (Å²) in [5, 5.41) is 8.35. The van der Waals surface area contributed by atoms with E-state index in [-0.39, 0.29) is 29.4 Å². The van der Waals surface area contributed by atoms with Gasteiger partial charge in [-0.05, 0) is 49.4 Å². The Balaban J connectivity index is 0.000000193. The first-order chi connectivity index (χ1) is 27.0. The number of alkyl halides is 3. The van der Waals surface area contributed by atoms with Crippen LogP contribution < -0.4 is 10.6 Å². The van der Waals surface area contributed by atoms with Gasteiger partial charge in [0.25, 0.3) is 11.8 Å². The number of benzene rings is 3. The molecular weight excluding hydrogens is 792 g/mol. The fourth-order valence-electron chi connectivity index (χ4n) is 5.27. The maximum absolute atomic E-state index is 13.7. The normalized spacial score (nSPS) is 11.3. The summed E-state index contributed by atoms with van der Waals surface area (Å²) in [4.78, 5) is 40.5. The van der Waals surface area contributed by atoms with E-state index in [2.05, 4.69) is 35.7 Å². The molecule has 4 heterocycles. The molecule has 7 rings (SSSR count). The zero-order valence-corrected chi connectivity index (χ0v) is 29.8. The summed E-state index contributed by atoms with van der Waals surface area (Å²) >= 11 is 6.28. The molecule has 57 heavy (non-hydrogen) atoms. The molecule has 292 valence electrons. The predicted octanol–water partition coefficient (Wildman–Crippen LogP) is 9.43. The van der Waals surface area contributed by atoms with Gasteiger partial charge in [-0.3, -0.25) is 19.3 Å². The van der Waals surface area contributed by atoms with Gasteiger partial charge in [-0.1, -0.05) is 17.7 Å². The van der Waals surface area contributed by atoms with E-state index >= 15 is 0 Å². The zero-order valence-electron chi connectivity index (χ0n) is 29.0. The number of hydrogen-bond acceptors (Lipinski definition) is 8. The summed E-state index contributed by atoms with van der Waals surface area (Å²) in [6.07, 6.45) is -0.794. The molecule has 0 saturated carbocycles. The molecule has 4 aromatic heterocycles. The Labute approximate surface area is 320 Å². The van der Waals surface area contributed by atoms with Crippen LogP contribution in [0.4, 0.5) is 46.8 Å². The van der Waals surface area contributed by atoms with Crippen molar-refractivity contribution >= 4 is 46.2 Å². The highest BCUT2D eigenvalue weighted by molar-refractivity contribution is 6.34. The van der Waals surface area contributed by atoms with Gasteiger partial charge in [0.05, 0.1) is 28.8 Å². The number of nitrogens with zero attached hydrogens (tertiary/aromatic N) is 6. The third kappa shape index (κ3) is 8.88. The van der Waals surface area contributed by atoms with E-state index in [0.717, 1.165) is 22.9 Å². The van der Waals surface area contributed by atoms with Gasteiger partial charge in [0.15, 0.2) is 23.0 Å². The van der Waals surface area contributed by atoms with Crippen LogP contribution in [0.5, 0.6) is 0 Å². The molecule has 20 heteroatoms. The fraction of sp³-hybridized carbons (Fsp3) is 0.108. The molecule has 0 aliphatic heterocycles. The number of anilines is 2. The molecule has 3 aromatic carbocycles. The van der Waals surface area contributed by atoms with Gasteiger partial charge in [0.2, 0.25) is 0 Å². The molecule has 0 spiro atoms. The second-order valence-corrected chi connectivity index (χ2v) is 12.1. The van der Waals surface area contributed by atoms with Crippen LogP contribution in [0, 0.1) is 36.0 Å². The van der Waals surface area contributed by atoms with E-state index in [4.69, 9.17) is 16.0 Å². The van der Waals surface area contributed by atoms with E-state index in [1.165, 1.54) is 36.8 Å². The van der Waals surface area contributed by atoms with Crippen LogP contribution in [-0.2, 0) is 12.7 Å². The lowest BCUT2D eigenvalue weighted by Crippen LogP contribution is -2.17. The van der Waals surface area contributed by atoms with Gasteiger partial charge in [-0.25, -0.2) is 36.9 Å². The number of carbonyl (C=O) groups excluding carboxylic acids is 2. The Morgan fingerprint density at radius 1 is 0.789 bits per heavy atom. The average molecular weight is 815 g/mol. The Kier molecular flexibility index (Phi) is 11.3. The minimum atomic E-state index is -4.61. The summed E-state index contributed by atoms with van der Waals surface area (Å²) in [7, 11) is 0. The lowest BCUT2D eigenvalue weighted by Gasteiger charge is -2.08. The lowest BCUT2D eigenvalue weighted by atomic mass is 10.1. The van der Waals surface area contributed by atoms with Crippen molar-refractivity contribution in [2.45, 2.75) is 26.6 Å². The van der Waals surface area contributed by atoms with E-state index in [1.807, 2.05) is 0 Å². The van der Waals surface area contributed by atoms with Gasteiger partial charge in [0.1, 0.15) is 51.5 Å². The van der Waals surface area contributed by atoms with Crippen LogP contribution in [0.2, 0.25) is 5.02 Å². The number of aryl methyl sites for hydroxylation is 2. The molecule has 0 fully saturated rings. The highest BCUT2D eigenvalue weighted by Crippen LogP contribution is 2.33. The standard InChI is InChI=1S/C19H11ClF2N4O2.C18H12F6N4O/c1-9-25-14-6-11(20)10(5-16(14)28-9)15-7-24-17(8-23-15)26-19(27)18-12(21)3-2-4-13(18)22;1-2-28-13(7-14(27-28)18(22,23)24)9-3-4-15(25-8-9)26-17(29)16-11(20)5-10(19)6-12(16)21/h2-8H,1H3,(H,24,26,27);3-8H,2H2,1H3,(H,25,26,29). The summed E-state index contributed by atoms with van der Waals surface area (Å²) in [5.74, 6) is -7.62. The van der Waals surface area contributed by atoms with E-state index in [9.17, 15) is 44.7 Å². The lowest BCUT2D eigenvalue weighted by molar-refractivity contribution is -0.141. The maximum Gasteiger partial charge on any atom is 0.435 e. The van der Waals surface area contributed by atoms with Crippen molar-refractivity contribution in [2.24, 2.45) is 0 Å². The van der Waals surface area contributed by atoms with Crippen LogP contribution in [0.25, 0.3) is 33.6 Å². The molecule has 2 amide bonds. The van der Waals surface area contributed by atoms with Crippen molar-refractivity contribution < 1.29 is 49.1 Å². The van der Waals surface area contributed by atoms with Crippen molar-refractivity contribution in [3.8, 4) is 22.5 Å². The molecule has 0 aliphatic carbocycles. The Morgan fingerprint density at radius 2 is 1.42 bits per heavy atom. The number of nitrogens with one attached hydrogen (secondary N) is 2. The van der Waals surface area contributed by atoms with E-state index < -0.39 is 63.9 Å². The molecule has 0 radical (unpaired) electrons. The van der Waals surface area contributed by atoms with E-state index in [0.29, 0.717) is 45.4 Å². The number of fused-ring (bicyclic) bond motifs is 1. The molecule has 0 aliphatic rings. The minimum Gasteiger partial charge on any atom is -0.441 e. The number of aromatic nitrogens is 6. The number of carbonyl (C=O) groups is 2. The Morgan fingerprint density at radius 3 is 2.00 bits per heavy atom. The van der Waals surface area contributed by atoms with Gasteiger partial charge in [0, 0.05) is 42.9 Å². The molecule has 0 saturated heterocycles. The monoisotopic (exact) mass is 814 g/mol. The van der Waals surface area contributed by atoms with Gasteiger partial charge in [-0.15, -0.1) is 0 Å². The van der Waals surface area contributed by atoms with Crippen LogP contribution in [0.15, 0.2) is 83.7 Å². The fourth-order valence-corrected chi connectivity index (χ4v) is 5.53. The molecule has 11 nitrogen and oxygen atoms in total. The third-order valence-electron chi connectivity index (χ3n) is 7.85. The highest BCUT2D eigenvalue weighted by atomic mass is 35.5. The number of pyridine rings is 1. The second kappa shape index (κ2) is 16.1. The van der Waals surface area contributed by atoms with E-state index in [1.54, 1.807) is 26.0 Å². The summed E-state index contributed by atoms with van der Waals surface area (Å²) < 4.78 is 113. The van der Waals surface area contributed by atoms with Crippen molar-refractivity contribution in [3.05, 3.63) is 136 Å². The summed E-state index contributed by atoms with van der Waals surface area (Å²) in [6, 6.07) is 10.7. The molecule has 2 N–H and O–H groups in total. The van der Waals surface area contributed by atoms with Crippen molar-refractivity contribution in [1.29, 1.82) is 0 Å². The Bertz CT molecular complexity index is 2590. The quantitative estimate of drug-likeness (QED) is 0.152. The van der Waals surface area contributed by atoms with Crippen LogP contribution in [0.3, 0.4) is 0 Å². The average Bonchev–Trinajstić information content (AvgIpc) is 3.75. The topological polar surface area (TPSA) is 141 Å². The van der Waals surface area contributed by atoms with Crippen LogP contribution in [-0.4, -0.2) is 41.5 Å². The number of rotatable bonds is 7. The number of halogens is 9. The van der Waals surface area contributed by atoms with Gasteiger partial charge in [-0.2, -0.15) is 18.3 Å². The third-order valence-corrected chi connectivity index (χ3v) is 8.16. The molecule has 0 atom stereocenters. The molecule has 0 bridgehead atoms. The number of amides is 2. The first-order valence-corrected chi connectivity index (χ1v) is 16.6. The first-order valence-electron chi connectivity index (χ1n) is 16.2. The van der Waals surface area contributed by atoms with Gasteiger partial charge < -0.3 is 15.1 Å². The molecule has 7 aromatic rings. The predicted molar refractivity (Wildman–Crippen MR) is 189 cm³/mol. The SMILES string of the molecule is CCn1nc(C(F)(F)F)cc1-c1ccc(NC(=O)c2c(F)cc(F)cc2F)nc1.Cc1nc2cc(Cl)c(-c3cnc(NC(=O)c4c(F)cccc4F)cn3)cc2o1. The van der Waals surface area contributed by atoms with Crippen LogP contribution in [0.1, 0.15) is 39.2 Å². The second-order valence-electron chi connectivity index (χ2n) is 11.7. The Hall–Kier alpha value is -6.76. The zero-order chi connectivity index (χ0) is 41.2.